The van der Waals surface area contributed by atoms with Crippen molar-refractivity contribution >= 4 is 22.1 Å². The normalized spacial score (nSPS) is 15.4. The number of aliphatic hydroxyl groups excluding tert-OH is 1. The van der Waals surface area contributed by atoms with Crippen LogP contribution in [0.5, 0.6) is 0 Å². The largest absolute Gasteiger partial charge is 0.395 e. The van der Waals surface area contributed by atoms with Gasteiger partial charge in [0.05, 0.1) is 12.3 Å². The number of hydrogen-bond acceptors (Lipinski definition) is 5. The summed E-state index contributed by atoms with van der Waals surface area (Å²) in [7, 11) is 1.98. The Balaban J connectivity index is 1.89. The number of rotatable bonds is 6. The van der Waals surface area contributed by atoms with Gasteiger partial charge in [-0.05, 0) is 12.8 Å². The molecule has 2 N–H and O–H groups in total. The van der Waals surface area contributed by atoms with Gasteiger partial charge in [-0.3, -0.25) is 4.40 Å². The van der Waals surface area contributed by atoms with Gasteiger partial charge in [0.15, 0.2) is 10.8 Å². The van der Waals surface area contributed by atoms with E-state index in [0.717, 1.165) is 17.3 Å². The minimum absolute atomic E-state index is 0.150. The molecule has 0 unspecified atom stereocenters. The lowest BCUT2D eigenvalue weighted by atomic mass is 10.3. The molecule has 2 heterocycles. The molecule has 98 valence electrons. The number of anilines is 1. The molecule has 18 heavy (non-hydrogen) atoms. The van der Waals surface area contributed by atoms with Crippen LogP contribution in [0.15, 0.2) is 11.6 Å². The molecule has 1 saturated carbocycles. The zero-order valence-corrected chi connectivity index (χ0v) is 11.3. The first-order valence-electron chi connectivity index (χ1n) is 6.29. The van der Waals surface area contributed by atoms with Gasteiger partial charge in [-0.15, -0.1) is 11.3 Å². The third-order valence-corrected chi connectivity index (χ3v) is 4.03. The fourth-order valence-corrected chi connectivity index (χ4v) is 2.80. The molecule has 2 aromatic heterocycles. The predicted molar refractivity (Wildman–Crippen MR) is 73.3 cm³/mol. The van der Waals surface area contributed by atoms with E-state index in [-0.39, 0.29) is 6.61 Å². The molecule has 0 spiro atoms. The van der Waals surface area contributed by atoms with Gasteiger partial charge in [-0.1, -0.05) is 0 Å². The smallest absolute Gasteiger partial charge is 0.195 e. The Morgan fingerprint density at radius 3 is 3.17 bits per heavy atom. The molecule has 1 aliphatic rings. The number of imidazole rings is 1. The standard InChI is InChI=1S/C12H18N4OS/c1-15(4-6-17)11-10(8-13-9-2-3-9)16-5-7-18-12(16)14-11/h5,7,9,13,17H,2-4,6,8H2,1H3. The predicted octanol–water partition coefficient (Wildman–Crippen LogP) is 1.08. The Kier molecular flexibility index (Phi) is 3.23. The molecule has 0 bridgehead atoms. The number of hydrogen-bond donors (Lipinski definition) is 2. The van der Waals surface area contributed by atoms with Gasteiger partial charge in [0, 0.05) is 37.8 Å². The lowest BCUT2D eigenvalue weighted by Gasteiger charge is -2.17. The number of likely N-dealkylation sites (N-methyl/N-ethyl adjacent to an activating group) is 1. The van der Waals surface area contributed by atoms with Crippen LogP contribution in [0, 0.1) is 0 Å². The summed E-state index contributed by atoms with van der Waals surface area (Å²) >= 11 is 1.64. The first-order valence-corrected chi connectivity index (χ1v) is 7.17. The highest BCUT2D eigenvalue weighted by Crippen LogP contribution is 2.25. The number of fused-ring (bicyclic) bond motifs is 1. The number of nitrogens with zero attached hydrogens (tertiary/aromatic N) is 3. The van der Waals surface area contributed by atoms with E-state index in [9.17, 15) is 0 Å². The fraction of sp³-hybridized carbons (Fsp3) is 0.583. The van der Waals surface area contributed by atoms with Gasteiger partial charge < -0.3 is 15.3 Å². The molecule has 0 aliphatic heterocycles. The second kappa shape index (κ2) is 4.87. The third-order valence-electron chi connectivity index (χ3n) is 3.27. The molecule has 0 saturated heterocycles. The molecule has 2 aromatic rings. The van der Waals surface area contributed by atoms with Crippen LogP contribution >= 0.6 is 11.3 Å². The zero-order valence-electron chi connectivity index (χ0n) is 10.5. The van der Waals surface area contributed by atoms with Crippen molar-refractivity contribution in [2.24, 2.45) is 0 Å². The second-order valence-corrected chi connectivity index (χ2v) is 5.61. The summed E-state index contributed by atoms with van der Waals surface area (Å²) in [6.45, 7) is 1.60. The fourth-order valence-electron chi connectivity index (χ4n) is 2.08. The summed E-state index contributed by atoms with van der Waals surface area (Å²) in [6, 6.07) is 0.685. The van der Waals surface area contributed by atoms with E-state index < -0.39 is 0 Å². The maximum atomic E-state index is 9.05. The van der Waals surface area contributed by atoms with Gasteiger partial charge in [0.25, 0.3) is 0 Å². The molecule has 1 aliphatic carbocycles. The summed E-state index contributed by atoms with van der Waals surface area (Å²) in [5.74, 6) is 0.976. The van der Waals surface area contributed by atoms with Crippen molar-refractivity contribution in [2.45, 2.75) is 25.4 Å². The van der Waals surface area contributed by atoms with Crippen LogP contribution in [-0.4, -0.2) is 40.7 Å². The topological polar surface area (TPSA) is 52.8 Å². The molecule has 0 radical (unpaired) electrons. The van der Waals surface area contributed by atoms with Crippen LogP contribution in [0.1, 0.15) is 18.5 Å². The average Bonchev–Trinajstić information content (AvgIpc) is 2.95. The lowest BCUT2D eigenvalue weighted by molar-refractivity contribution is 0.304. The SMILES string of the molecule is CN(CCO)c1nc2sccn2c1CNC1CC1. The molecular formula is C12H18N4OS. The van der Waals surface area contributed by atoms with E-state index >= 15 is 0 Å². The summed E-state index contributed by atoms with van der Waals surface area (Å²) in [4.78, 5) is 7.68. The van der Waals surface area contributed by atoms with Gasteiger partial charge >= 0.3 is 0 Å². The minimum atomic E-state index is 0.150. The summed E-state index contributed by atoms with van der Waals surface area (Å²) in [5.41, 5.74) is 1.19. The van der Waals surface area contributed by atoms with Gasteiger partial charge in [0.1, 0.15) is 0 Å². The monoisotopic (exact) mass is 266 g/mol. The van der Waals surface area contributed by atoms with E-state index in [4.69, 9.17) is 5.11 Å². The van der Waals surface area contributed by atoms with Gasteiger partial charge in [-0.25, -0.2) is 4.98 Å². The molecule has 6 heteroatoms. The van der Waals surface area contributed by atoms with Gasteiger partial charge in [-0.2, -0.15) is 0 Å². The second-order valence-electron chi connectivity index (χ2n) is 4.74. The van der Waals surface area contributed by atoms with Crippen molar-refractivity contribution in [3.63, 3.8) is 0 Å². The first kappa shape index (κ1) is 12.0. The number of nitrogens with one attached hydrogen (secondary N) is 1. The highest BCUT2D eigenvalue weighted by Gasteiger charge is 2.23. The van der Waals surface area contributed by atoms with Crippen LogP contribution in [0.2, 0.25) is 0 Å². The van der Waals surface area contributed by atoms with Crippen molar-refractivity contribution in [1.29, 1.82) is 0 Å². The third kappa shape index (κ3) is 2.23. The quantitative estimate of drug-likeness (QED) is 0.821. The average molecular weight is 266 g/mol. The Hall–Kier alpha value is -1.11. The summed E-state index contributed by atoms with van der Waals surface area (Å²) < 4.78 is 2.14. The summed E-state index contributed by atoms with van der Waals surface area (Å²) in [5, 5.41) is 14.6. The van der Waals surface area contributed by atoms with Crippen molar-refractivity contribution in [3.05, 3.63) is 17.3 Å². The highest BCUT2D eigenvalue weighted by atomic mass is 32.1. The maximum Gasteiger partial charge on any atom is 0.195 e. The van der Waals surface area contributed by atoms with E-state index in [2.05, 4.69) is 26.3 Å². The molecule has 1 fully saturated rings. The number of aliphatic hydroxyl groups is 1. The van der Waals surface area contributed by atoms with Crippen LogP contribution in [0.25, 0.3) is 4.96 Å². The van der Waals surface area contributed by atoms with Crippen LogP contribution in [-0.2, 0) is 6.54 Å². The van der Waals surface area contributed by atoms with E-state index in [0.29, 0.717) is 12.6 Å². The highest BCUT2D eigenvalue weighted by molar-refractivity contribution is 7.15. The summed E-state index contributed by atoms with van der Waals surface area (Å²) in [6.07, 6.45) is 4.63. The molecular weight excluding hydrogens is 248 g/mol. The lowest BCUT2D eigenvalue weighted by Crippen LogP contribution is -2.25. The Morgan fingerprint density at radius 1 is 1.61 bits per heavy atom. The van der Waals surface area contributed by atoms with E-state index in [1.54, 1.807) is 11.3 Å². The van der Waals surface area contributed by atoms with Crippen molar-refractivity contribution in [1.82, 2.24) is 14.7 Å². The number of aromatic nitrogens is 2. The number of thiazole rings is 1. The molecule has 5 nitrogen and oxygen atoms in total. The maximum absolute atomic E-state index is 9.05. The Bertz CT molecular complexity index is 531. The molecule has 0 atom stereocenters. The molecule has 0 aromatic carbocycles. The van der Waals surface area contributed by atoms with E-state index in [1.807, 2.05) is 11.9 Å². The van der Waals surface area contributed by atoms with Crippen molar-refractivity contribution < 1.29 is 5.11 Å². The van der Waals surface area contributed by atoms with Crippen molar-refractivity contribution in [2.75, 3.05) is 25.1 Å². The minimum Gasteiger partial charge on any atom is -0.395 e. The zero-order chi connectivity index (χ0) is 12.5. The van der Waals surface area contributed by atoms with Crippen LogP contribution < -0.4 is 10.2 Å². The van der Waals surface area contributed by atoms with E-state index in [1.165, 1.54) is 18.5 Å². The Morgan fingerprint density at radius 2 is 2.44 bits per heavy atom. The van der Waals surface area contributed by atoms with Gasteiger partial charge in [0.2, 0.25) is 0 Å². The Labute approximate surface area is 110 Å². The molecule has 3 rings (SSSR count). The van der Waals surface area contributed by atoms with Crippen LogP contribution in [0.3, 0.4) is 0 Å². The first-order chi connectivity index (χ1) is 8.79. The van der Waals surface area contributed by atoms with Crippen molar-refractivity contribution in [3.8, 4) is 0 Å². The molecule has 0 amide bonds. The van der Waals surface area contributed by atoms with Crippen LogP contribution in [0.4, 0.5) is 5.82 Å².